The fourth-order valence-corrected chi connectivity index (χ4v) is 3.58. The summed E-state index contributed by atoms with van der Waals surface area (Å²) in [7, 11) is 0. The molecule has 30 heavy (non-hydrogen) atoms. The molecule has 0 aliphatic carbocycles. The fraction of sp³-hybridized carbons (Fsp3) is 0.160. The Morgan fingerprint density at radius 1 is 0.800 bits per heavy atom. The van der Waals surface area contributed by atoms with Crippen LogP contribution in [0.1, 0.15) is 41.7 Å². The number of carbonyl (C=O) groups is 3. The lowest BCUT2D eigenvalue weighted by atomic mass is 10.0. The van der Waals surface area contributed by atoms with Gasteiger partial charge in [0.2, 0.25) is 11.8 Å². The topological polar surface area (TPSA) is 66.5 Å². The Labute approximate surface area is 175 Å². The van der Waals surface area contributed by atoms with Crippen molar-refractivity contribution in [2.45, 2.75) is 25.8 Å². The maximum atomic E-state index is 12.6. The van der Waals surface area contributed by atoms with Crippen molar-refractivity contribution in [1.82, 2.24) is 5.32 Å². The van der Waals surface area contributed by atoms with Crippen molar-refractivity contribution >= 4 is 23.4 Å². The quantitative estimate of drug-likeness (QED) is 0.644. The summed E-state index contributed by atoms with van der Waals surface area (Å²) < 4.78 is 0. The number of hydrogen-bond donors (Lipinski definition) is 1. The average Bonchev–Trinajstić information content (AvgIpc) is 3.12. The van der Waals surface area contributed by atoms with Crippen LogP contribution in [0.25, 0.3) is 11.1 Å². The van der Waals surface area contributed by atoms with Gasteiger partial charge in [0.05, 0.1) is 11.7 Å². The van der Waals surface area contributed by atoms with Gasteiger partial charge in [0.1, 0.15) is 0 Å². The van der Waals surface area contributed by atoms with Gasteiger partial charge in [0.25, 0.3) is 5.91 Å². The molecule has 150 valence electrons. The van der Waals surface area contributed by atoms with E-state index in [0.29, 0.717) is 11.3 Å². The summed E-state index contributed by atoms with van der Waals surface area (Å²) in [6.07, 6.45) is 0.475. The highest BCUT2D eigenvalue weighted by Gasteiger charge is 2.30. The normalized spacial score (nSPS) is 14.6. The van der Waals surface area contributed by atoms with Gasteiger partial charge in [0, 0.05) is 18.4 Å². The monoisotopic (exact) mass is 398 g/mol. The molecule has 3 aromatic carbocycles. The van der Waals surface area contributed by atoms with Crippen LogP contribution < -0.4 is 10.2 Å². The number of benzene rings is 3. The van der Waals surface area contributed by atoms with E-state index in [9.17, 15) is 14.4 Å². The standard InChI is InChI=1S/C25H22N2O3/c1-17(18-7-9-20(10-8-18)19-5-3-2-4-6-19)26-25(30)21-11-13-22(14-12-21)27-23(28)15-16-24(27)29/h2-14,17H,15-16H2,1H3,(H,26,30)/t17-/m1/s1. The maximum absolute atomic E-state index is 12.6. The second-order valence-corrected chi connectivity index (χ2v) is 7.35. The molecule has 1 atom stereocenters. The van der Waals surface area contributed by atoms with Crippen LogP contribution in [0.3, 0.4) is 0 Å². The maximum Gasteiger partial charge on any atom is 0.251 e. The van der Waals surface area contributed by atoms with E-state index < -0.39 is 0 Å². The van der Waals surface area contributed by atoms with Crippen molar-refractivity contribution in [1.29, 1.82) is 0 Å². The first-order valence-corrected chi connectivity index (χ1v) is 9.95. The van der Waals surface area contributed by atoms with Crippen LogP contribution in [0.15, 0.2) is 78.9 Å². The van der Waals surface area contributed by atoms with Gasteiger partial charge in [-0.25, -0.2) is 0 Å². The molecule has 1 N–H and O–H groups in total. The number of imide groups is 1. The van der Waals surface area contributed by atoms with Crippen molar-refractivity contribution in [2.75, 3.05) is 4.90 Å². The second kappa shape index (κ2) is 8.33. The third-order valence-corrected chi connectivity index (χ3v) is 5.30. The van der Waals surface area contributed by atoms with Gasteiger partial charge < -0.3 is 5.32 Å². The minimum atomic E-state index is -0.208. The van der Waals surface area contributed by atoms with Crippen LogP contribution in [0.4, 0.5) is 5.69 Å². The summed E-state index contributed by atoms with van der Waals surface area (Å²) in [5.74, 6) is -0.616. The smallest absolute Gasteiger partial charge is 0.251 e. The van der Waals surface area contributed by atoms with Crippen molar-refractivity contribution in [2.24, 2.45) is 0 Å². The third-order valence-electron chi connectivity index (χ3n) is 5.30. The summed E-state index contributed by atoms with van der Waals surface area (Å²) in [5.41, 5.74) is 4.26. The van der Waals surface area contributed by atoms with E-state index in [1.807, 2.05) is 49.4 Å². The lowest BCUT2D eigenvalue weighted by Crippen LogP contribution is -2.29. The largest absolute Gasteiger partial charge is 0.346 e. The van der Waals surface area contributed by atoms with E-state index >= 15 is 0 Å². The highest BCUT2D eigenvalue weighted by Crippen LogP contribution is 2.24. The molecule has 0 aromatic heterocycles. The first kappa shape index (κ1) is 19.6. The van der Waals surface area contributed by atoms with Gasteiger partial charge in [0.15, 0.2) is 0 Å². The number of anilines is 1. The van der Waals surface area contributed by atoms with Crippen LogP contribution in [0.5, 0.6) is 0 Å². The number of carbonyl (C=O) groups excluding carboxylic acids is 3. The lowest BCUT2D eigenvalue weighted by molar-refractivity contribution is -0.121. The van der Waals surface area contributed by atoms with Gasteiger partial charge in [-0.15, -0.1) is 0 Å². The molecule has 5 nitrogen and oxygen atoms in total. The van der Waals surface area contributed by atoms with E-state index in [1.54, 1.807) is 24.3 Å². The highest BCUT2D eigenvalue weighted by atomic mass is 16.2. The Morgan fingerprint density at radius 2 is 1.37 bits per heavy atom. The summed E-state index contributed by atoms with van der Waals surface area (Å²) in [4.78, 5) is 37.5. The molecule has 0 unspecified atom stereocenters. The summed E-state index contributed by atoms with van der Waals surface area (Å²) in [6.45, 7) is 1.94. The Balaban J connectivity index is 1.42. The molecule has 0 spiro atoms. The predicted molar refractivity (Wildman–Crippen MR) is 116 cm³/mol. The molecular formula is C25H22N2O3. The number of nitrogens with one attached hydrogen (secondary N) is 1. The zero-order valence-corrected chi connectivity index (χ0v) is 16.7. The van der Waals surface area contributed by atoms with Gasteiger partial charge in [-0.3, -0.25) is 19.3 Å². The molecule has 3 aromatic rings. The summed E-state index contributed by atoms with van der Waals surface area (Å²) in [6, 6.07) is 24.6. The van der Waals surface area contributed by atoms with Gasteiger partial charge >= 0.3 is 0 Å². The number of rotatable bonds is 5. The molecule has 1 aliphatic rings. The van der Waals surface area contributed by atoms with Crippen LogP contribution in [0.2, 0.25) is 0 Å². The summed E-state index contributed by atoms with van der Waals surface area (Å²) in [5, 5.41) is 2.99. The number of amides is 3. The molecular weight excluding hydrogens is 376 g/mol. The van der Waals surface area contributed by atoms with E-state index in [2.05, 4.69) is 17.4 Å². The SMILES string of the molecule is C[C@@H](NC(=O)c1ccc(N2C(=O)CCC2=O)cc1)c1ccc(-c2ccccc2)cc1. The fourth-order valence-electron chi connectivity index (χ4n) is 3.58. The van der Waals surface area contributed by atoms with E-state index in [-0.39, 0.29) is 36.6 Å². The Morgan fingerprint density at radius 3 is 1.97 bits per heavy atom. The van der Waals surface area contributed by atoms with Crippen LogP contribution in [0, 0.1) is 0 Å². The molecule has 1 saturated heterocycles. The minimum Gasteiger partial charge on any atom is -0.346 e. The van der Waals surface area contributed by atoms with Crippen LogP contribution >= 0.6 is 0 Å². The molecule has 4 rings (SSSR count). The first-order chi connectivity index (χ1) is 14.5. The molecule has 3 amide bonds. The van der Waals surface area contributed by atoms with Crippen molar-refractivity contribution in [3.63, 3.8) is 0 Å². The average molecular weight is 398 g/mol. The number of nitrogens with zero attached hydrogens (tertiary/aromatic N) is 1. The van der Waals surface area contributed by atoms with Crippen molar-refractivity contribution < 1.29 is 14.4 Å². The molecule has 1 fully saturated rings. The molecule has 0 bridgehead atoms. The van der Waals surface area contributed by atoms with Gasteiger partial charge in [-0.05, 0) is 47.9 Å². The van der Waals surface area contributed by atoms with Crippen LogP contribution in [-0.2, 0) is 9.59 Å². The molecule has 5 heteroatoms. The van der Waals surface area contributed by atoms with E-state index in [0.717, 1.165) is 16.7 Å². The zero-order valence-electron chi connectivity index (χ0n) is 16.7. The summed E-state index contributed by atoms with van der Waals surface area (Å²) >= 11 is 0. The lowest BCUT2D eigenvalue weighted by Gasteiger charge is -2.16. The third kappa shape index (κ3) is 4.01. The molecule has 1 aliphatic heterocycles. The Kier molecular flexibility index (Phi) is 5.44. The molecule has 0 radical (unpaired) electrons. The highest BCUT2D eigenvalue weighted by molar-refractivity contribution is 6.19. The zero-order chi connectivity index (χ0) is 21.1. The Hall–Kier alpha value is -3.73. The predicted octanol–water partition coefficient (Wildman–Crippen LogP) is 4.50. The van der Waals surface area contributed by atoms with Crippen molar-refractivity contribution in [3.8, 4) is 11.1 Å². The Bertz CT molecular complexity index is 1060. The molecule has 0 saturated carbocycles. The van der Waals surface area contributed by atoms with E-state index in [4.69, 9.17) is 0 Å². The van der Waals surface area contributed by atoms with Gasteiger partial charge in [-0.2, -0.15) is 0 Å². The van der Waals surface area contributed by atoms with Crippen LogP contribution in [-0.4, -0.2) is 17.7 Å². The van der Waals surface area contributed by atoms with E-state index in [1.165, 1.54) is 4.90 Å². The minimum absolute atomic E-state index is 0.163. The van der Waals surface area contributed by atoms with Gasteiger partial charge in [-0.1, -0.05) is 54.6 Å². The number of hydrogen-bond acceptors (Lipinski definition) is 3. The first-order valence-electron chi connectivity index (χ1n) is 9.95. The second-order valence-electron chi connectivity index (χ2n) is 7.35. The van der Waals surface area contributed by atoms with Crippen molar-refractivity contribution in [3.05, 3.63) is 90.0 Å². The molecule has 1 heterocycles.